The van der Waals surface area contributed by atoms with Crippen molar-refractivity contribution in [3.05, 3.63) is 23.0 Å². The number of aromatic nitrogens is 1. The third kappa shape index (κ3) is 2.52. The number of hydrogen-bond donors (Lipinski definition) is 0. The van der Waals surface area contributed by atoms with Crippen molar-refractivity contribution in [2.24, 2.45) is 0 Å². The molecule has 0 atom stereocenters. The Hall–Kier alpha value is -1.56. The third-order valence-corrected chi connectivity index (χ3v) is 2.64. The van der Waals surface area contributed by atoms with Crippen LogP contribution in [-0.2, 0) is 0 Å². The molecule has 0 amide bonds. The monoisotopic (exact) mass is 217 g/mol. The first-order valence-corrected chi connectivity index (χ1v) is 5.77. The summed E-state index contributed by atoms with van der Waals surface area (Å²) >= 11 is 0. The Morgan fingerprint density at radius 3 is 2.56 bits per heavy atom. The summed E-state index contributed by atoms with van der Waals surface area (Å²) in [6.07, 6.45) is 1.08. The summed E-state index contributed by atoms with van der Waals surface area (Å²) in [5.74, 6) is 0. The highest BCUT2D eigenvalue weighted by atomic mass is 15.1. The van der Waals surface area contributed by atoms with E-state index in [2.05, 4.69) is 29.8 Å². The lowest BCUT2D eigenvalue weighted by atomic mass is 10.1. The van der Waals surface area contributed by atoms with Crippen LogP contribution in [0.4, 0.5) is 5.69 Å². The smallest absolute Gasteiger partial charge is 0.103 e. The van der Waals surface area contributed by atoms with Crippen molar-refractivity contribution in [1.29, 1.82) is 5.26 Å². The third-order valence-electron chi connectivity index (χ3n) is 2.64. The molecular formula is C13H19N3. The maximum absolute atomic E-state index is 9.19. The van der Waals surface area contributed by atoms with Crippen molar-refractivity contribution in [2.75, 3.05) is 18.0 Å². The molecule has 0 saturated heterocycles. The molecule has 1 heterocycles. The van der Waals surface area contributed by atoms with E-state index in [0.29, 0.717) is 5.56 Å². The summed E-state index contributed by atoms with van der Waals surface area (Å²) in [6.45, 7) is 10.0. The fourth-order valence-corrected chi connectivity index (χ4v) is 1.91. The van der Waals surface area contributed by atoms with Gasteiger partial charge in [-0.3, -0.25) is 4.98 Å². The normalized spacial score (nSPS) is 9.94. The summed E-state index contributed by atoms with van der Waals surface area (Å²) in [6, 6.07) is 4.26. The molecule has 0 spiro atoms. The van der Waals surface area contributed by atoms with Gasteiger partial charge in [0.15, 0.2) is 0 Å². The Morgan fingerprint density at radius 1 is 1.38 bits per heavy atom. The number of anilines is 1. The molecule has 0 fully saturated rings. The summed E-state index contributed by atoms with van der Waals surface area (Å²) in [5.41, 5.74) is 3.53. The van der Waals surface area contributed by atoms with E-state index in [0.717, 1.165) is 36.6 Å². The van der Waals surface area contributed by atoms with E-state index in [-0.39, 0.29) is 0 Å². The number of nitrogens with zero attached hydrogens (tertiary/aromatic N) is 3. The molecule has 1 rings (SSSR count). The van der Waals surface area contributed by atoms with Gasteiger partial charge >= 0.3 is 0 Å². The van der Waals surface area contributed by atoms with Crippen molar-refractivity contribution in [2.45, 2.75) is 34.1 Å². The van der Waals surface area contributed by atoms with Gasteiger partial charge in [0.25, 0.3) is 0 Å². The van der Waals surface area contributed by atoms with Gasteiger partial charge in [-0.2, -0.15) is 5.26 Å². The molecule has 0 saturated carbocycles. The van der Waals surface area contributed by atoms with E-state index < -0.39 is 0 Å². The van der Waals surface area contributed by atoms with Crippen LogP contribution in [0, 0.1) is 25.2 Å². The van der Waals surface area contributed by atoms with E-state index >= 15 is 0 Å². The van der Waals surface area contributed by atoms with Gasteiger partial charge in [-0.05, 0) is 33.3 Å². The van der Waals surface area contributed by atoms with Gasteiger partial charge in [-0.1, -0.05) is 6.92 Å². The van der Waals surface area contributed by atoms with E-state index in [4.69, 9.17) is 0 Å². The molecule has 0 bridgehead atoms. The second-order valence-corrected chi connectivity index (χ2v) is 3.93. The second kappa shape index (κ2) is 5.50. The Bertz CT molecular complexity index is 404. The average Bonchev–Trinajstić information content (AvgIpc) is 2.25. The van der Waals surface area contributed by atoms with Crippen LogP contribution in [-0.4, -0.2) is 18.1 Å². The largest absolute Gasteiger partial charge is 0.371 e. The molecule has 0 N–H and O–H groups in total. The van der Waals surface area contributed by atoms with Crippen LogP contribution in [0.25, 0.3) is 0 Å². The van der Waals surface area contributed by atoms with Gasteiger partial charge in [0.1, 0.15) is 6.07 Å². The van der Waals surface area contributed by atoms with E-state index in [9.17, 15) is 5.26 Å². The number of pyridine rings is 1. The molecule has 0 unspecified atom stereocenters. The number of aryl methyl sites for hydroxylation is 2. The van der Waals surface area contributed by atoms with E-state index in [1.807, 2.05) is 19.9 Å². The maximum atomic E-state index is 9.19. The van der Waals surface area contributed by atoms with Gasteiger partial charge in [-0.15, -0.1) is 0 Å². The zero-order valence-corrected chi connectivity index (χ0v) is 10.5. The SMILES string of the molecule is CCCN(CC)c1cc(C)nc(C)c1C#N. The van der Waals surface area contributed by atoms with Crippen LogP contribution in [0.2, 0.25) is 0 Å². The Kier molecular flexibility index (Phi) is 4.30. The predicted molar refractivity (Wildman–Crippen MR) is 66.6 cm³/mol. The van der Waals surface area contributed by atoms with Crippen LogP contribution >= 0.6 is 0 Å². The van der Waals surface area contributed by atoms with Gasteiger partial charge in [0.2, 0.25) is 0 Å². The quantitative estimate of drug-likeness (QED) is 0.778. The molecule has 1 aromatic rings. The standard InChI is InChI=1S/C13H19N3/c1-5-7-16(6-2)13-8-10(3)15-11(4)12(13)9-14/h8H,5-7H2,1-4H3. The van der Waals surface area contributed by atoms with Crippen LogP contribution in [0.3, 0.4) is 0 Å². The molecule has 0 aromatic carbocycles. The maximum Gasteiger partial charge on any atom is 0.103 e. The predicted octanol–water partition coefficient (Wildman–Crippen LogP) is 2.81. The zero-order valence-electron chi connectivity index (χ0n) is 10.5. The molecule has 3 nitrogen and oxygen atoms in total. The van der Waals surface area contributed by atoms with Crippen LogP contribution in [0.15, 0.2) is 6.07 Å². The van der Waals surface area contributed by atoms with Crippen molar-refractivity contribution >= 4 is 5.69 Å². The number of rotatable bonds is 4. The van der Waals surface area contributed by atoms with Crippen LogP contribution < -0.4 is 4.90 Å². The summed E-state index contributed by atoms with van der Waals surface area (Å²) in [5, 5.41) is 9.19. The lowest BCUT2D eigenvalue weighted by Gasteiger charge is -2.24. The molecule has 0 radical (unpaired) electrons. The Labute approximate surface area is 97.7 Å². The first-order chi connectivity index (χ1) is 7.63. The van der Waals surface area contributed by atoms with Gasteiger partial charge in [0.05, 0.1) is 16.9 Å². The van der Waals surface area contributed by atoms with E-state index in [1.54, 1.807) is 0 Å². The van der Waals surface area contributed by atoms with Crippen LogP contribution in [0.5, 0.6) is 0 Å². The first-order valence-electron chi connectivity index (χ1n) is 5.77. The summed E-state index contributed by atoms with van der Waals surface area (Å²) in [4.78, 5) is 6.57. The molecule has 86 valence electrons. The fourth-order valence-electron chi connectivity index (χ4n) is 1.91. The molecule has 3 heteroatoms. The number of hydrogen-bond acceptors (Lipinski definition) is 3. The average molecular weight is 217 g/mol. The first kappa shape index (κ1) is 12.5. The lowest BCUT2D eigenvalue weighted by Crippen LogP contribution is -2.25. The highest BCUT2D eigenvalue weighted by Gasteiger charge is 2.12. The Morgan fingerprint density at radius 2 is 2.06 bits per heavy atom. The van der Waals surface area contributed by atoms with Gasteiger partial charge < -0.3 is 4.90 Å². The second-order valence-electron chi connectivity index (χ2n) is 3.93. The molecule has 0 aliphatic heterocycles. The molecule has 0 aliphatic carbocycles. The minimum Gasteiger partial charge on any atom is -0.371 e. The molecule has 16 heavy (non-hydrogen) atoms. The van der Waals surface area contributed by atoms with Gasteiger partial charge in [-0.25, -0.2) is 0 Å². The van der Waals surface area contributed by atoms with Gasteiger partial charge in [0, 0.05) is 18.8 Å². The number of nitriles is 1. The molecule has 0 aliphatic rings. The summed E-state index contributed by atoms with van der Waals surface area (Å²) < 4.78 is 0. The zero-order chi connectivity index (χ0) is 12.1. The molecule has 1 aromatic heterocycles. The molecular weight excluding hydrogens is 198 g/mol. The van der Waals surface area contributed by atoms with Crippen molar-refractivity contribution < 1.29 is 0 Å². The minimum atomic E-state index is 0.709. The van der Waals surface area contributed by atoms with Crippen molar-refractivity contribution in [3.63, 3.8) is 0 Å². The lowest BCUT2D eigenvalue weighted by molar-refractivity contribution is 0.787. The highest BCUT2D eigenvalue weighted by molar-refractivity contribution is 5.61. The van der Waals surface area contributed by atoms with Crippen LogP contribution in [0.1, 0.15) is 37.2 Å². The minimum absolute atomic E-state index is 0.709. The summed E-state index contributed by atoms with van der Waals surface area (Å²) in [7, 11) is 0. The van der Waals surface area contributed by atoms with E-state index in [1.165, 1.54) is 0 Å². The Balaban J connectivity index is 3.24. The topological polar surface area (TPSA) is 39.9 Å². The fraction of sp³-hybridized carbons (Fsp3) is 0.538. The highest BCUT2D eigenvalue weighted by Crippen LogP contribution is 2.23. The van der Waals surface area contributed by atoms with Crippen molar-refractivity contribution in [1.82, 2.24) is 4.98 Å². The van der Waals surface area contributed by atoms with Crippen molar-refractivity contribution in [3.8, 4) is 6.07 Å².